The number of nitrogens with zero attached hydrogens (tertiary/aromatic N) is 4. The zero-order valence-corrected chi connectivity index (χ0v) is 24.0. The van der Waals surface area contributed by atoms with E-state index in [9.17, 15) is 24.4 Å². The van der Waals surface area contributed by atoms with Crippen molar-refractivity contribution in [2.45, 2.75) is 63.3 Å². The molecule has 2 aromatic rings. The van der Waals surface area contributed by atoms with E-state index in [1.165, 1.54) is 23.1 Å². The van der Waals surface area contributed by atoms with Gasteiger partial charge in [-0.3, -0.25) is 14.4 Å². The minimum absolute atomic E-state index is 0.0411. The molecule has 4 heterocycles. The van der Waals surface area contributed by atoms with Crippen LogP contribution in [-0.4, -0.2) is 82.5 Å². The number of carbonyl (C=O) groups is 4. The van der Waals surface area contributed by atoms with Crippen LogP contribution in [0.15, 0.2) is 48.7 Å². The number of pyridine rings is 1. The maximum Gasteiger partial charge on any atom is 0.407 e. The highest BCUT2D eigenvalue weighted by molar-refractivity contribution is 6.01. The lowest BCUT2D eigenvalue weighted by Crippen LogP contribution is -2.59. The molecule has 0 saturated carbocycles. The lowest BCUT2D eigenvalue weighted by molar-refractivity contribution is -0.147. The molecule has 4 amide bonds. The van der Waals surface area contributed by atoms with Crippen molar-refractivity contribution in [1.82, 2.24) is 20.1 Å². The smallest absolute Gasteiger partial charge is 0.407 e. The summed E-state index contributed by atoms with van der Waals surface area (Å²) in [6.07, 6.45) is 1.22. The first kappa shape index (κ1) is 28.9. The molecular formula is C30H34N6O6. The number of fused-ring (bicyclic) bond motifs is 1. The zero-order chi connectivity index (χ0) is 30.2. The van der Waals surface area contributed by atoms with Gasteiger partial charge in [-0.15, -0.1) is 0 Å². The summed E-state index contributed by atoms with van der Waals surface area (Å²) in [5.41, 5.74) is -1.32. The first-order chi connectivity index (χ1) is 20.0. The molecule has 5 rings (SSSR count). The predicted molar refractivity (Wildman–Crippen MR) is 150 cm³/mol. The Bertz CT molecular complexity index is 1440. The third-order valence-electron chi connectivity index (χ3n) is 8.20. The molecule has 2 saturated heterocycles. The number of carbonyl (C=O) groups excluding carboxylic acids is 4. The number of aromatic nitrogens is 1. The van der Waals surface area contributed by atoms with Gasteiger partial charge in [0.2, 0.25) is 17.4 Å². The number of rotatable bonds is 4. The fourth-order valence-corrected chi connectivity index (χ4v) is 6.06. The molecule has 1 aromatic heterocycles. The summed E-state index contributed by atoms with van der Waals surface area (Å²) >= 11 is 0. The Kier molecular flexibility index (Phi) is 7.53. The number of alkyl carbamates (subject to hydrolysis) is 1. The standard InChI is InChI=1S/C30H34N6O6/c1-29(2,3)23(33-28(40)41-4)26(38)35-14-12-20(18-9-6-5-7-10-18)22(35)25(37)36-17-30(15-19(36)16-31)27(39)34-24-21(42-30)11-8-13-32-24/h5-11,13,19-20,22-23H,12,14-15,17H2,1-4H3,(H,33,40)(H,32,34,39). The quantitative estimate of drug-likeness (QED) is 0.565. The van der Waals surface area contributed by atoms with Crippen molar-refractivity contribution in [2.24, 2.45) is 5.41 Å². The van der Waals surface area contributed by atoms with E-state index in [4.69, 9.17) is 9.47 Å². The Balaban J connectivity index is 1.50. The summed E-state index contributed by atoms with van der Waals surface area (Å²) < 4.78 is 10.9. The molecule has 0 bridgehead atoms. The third-order valence-corrected chi connectivity index (χ3v) is 8.20. The van der Waals surface area contributed by atoms with Crippen LogP contribution in [-0.2, 0) is 19.1 Å². The Morgan fingerprint density at radius 2 is 1.93 bits per heavy atom. The normalized spacial score (nSPS) is 25.6. The first-order valence-corrected chi connectivity index (χ1v) is 13.8. The van der Waals surface area contributed by atoms with Gasteiger partial charge in [0.25, 0.3) is 5.91 Å². The molecule has 2 N–H and O–H groups in total. The van der Waals surface area contributed by atoms with Crippen LogP contribution in [0, 0.1) is 16.7 Å². The van der Waals surface area contributed by atoms with Gasteiger partial charge in [-0.25, -0.2) is 9.78 Å². The van der Waals surface area contributed by atoms with Crippen LogP contribution >= 0.6 is 0 Å². The van der Waals surface area contributed by atoms with Crippen molar-refractivity contribution < 1.29 is 28.7 Å². The highest BCUT2D eigenvalue weighted by atomic mass is 16.5. The molecule has 5 unspecified atom stereocenters. The van der Waals surface area contributed by atoms with Gasteiger partial charge in [-0.05, 0) is 29.5 Å². The lowest BCUT2D eigenvalue weighted by Gasteiger charge is -2.38. The number of likely N-dealkylation sites (tertiary alicyclic amines) is 2. The van der Waals surface area contributed by atoms with Gasteiger partial charge in [0, 0.05) is 25.1 Å². The van der Waals surface area contributed by atoms with E-state index in [1.54, 1.807) is 12.1 Å². The molecule has 3 aliphatic rings. The van der Waals surface area contributed by atoms with E-state index < -0.39 is 53.0 Å². The molecule has 1 spiro atoms. The largest absolute Gasteiger partial charge is 0.472 e. The van der Waals surface area contributed by atoms with Gasteiger partial charge in [-0.1, -0.05) is 51.1 Å². The number of amides is 4. The second kappa shape index (κ2) is 11.0. The molecule has 1 aromatic carbocycles. The minimum Gasteiger partial charge on any atom is -0.472 e. The molecule has 12 heteroatoms. The van der Waals surface area contributed by atoms with Crippen molar-refractivity contribution >= 4 is 29.6 Å². The number of methoxy groups -OCH3 is 1. The summed E-state index contributed by atoms with van der Waals surface area (Å²) in [5, 5.41) is 15.5. The van der Waals surface area contributed by atoms with Gasteiger partial charge in [-0.2, -0.15) is 5.26 Å². The van der Waals surface area contributed by atoms with E-state index in [0.29, 0.717) is 12.2 Å². The zero-order valence-electron chi connectivity index (χ0n) is 24.0. The number of nitriles is 1. The molecule has 42 heavy (non-hydrogen) atoms. The van der Waals surface area contributed by atoms with Gasteiger partial charge in [0.1, 0.15) is 18.1 Å². The summed E-state index contributed by atoms with van der Waals surface area (Å²) in [6.45, 7) is 5.53. The van der Waals surface area contributed by atoms with Crippen LogP contribution in [0.4, 0.5) is 10.6 Å². The van der Waals surface area contributed by atoms with Crippen LogP contribution in [0.3, 0.4) is 0 Å². The molecule has 220 valence electrons. The van der Waals surface area contributed by atoms with Crippen LogP contribution in [0.1, 0.15) is 45.1 Å². The molecule has 12 nitrogen and oxygen atoms in total. The maximum absolute atomic E-state index is 14.5. The van der Waals surface area contributed by atoms with Crippen LogP contribution in [0.2, 0.25) is 0 Å². The Hall–Kier alpha value is -4.66. The van der Waals surface area contributed by atoms with Gasteiger partial charge in [0.05, 0.1) is 19.7 Å². The minimum atomic E-state index is -1.48. The SMILES string of the molecule is COC(=O)NC(C(=O)N1CCC(c2ccccc2)C1C(=O)N1CC2(CC1C#N)Oc1cccnc1NC2=O)C(C)(C)C. The molecule has 3 aliphatic heterocycles. The first-order valence-electron chi connectivity index (χ1n) is 13.8. The Morgan fingerprint density at radius 1 is 1.19 bits per heavy atom. The van der Waals surface area contributed by atoms with E-state index in [-0.39, 0.29) is 31.2 Å². The van der Waals surface area contributed by atoms with E-state index in [1.807, 2.05) is 51.1 Å². The summed E-state index contributed by atoms with van der Waals surface area (Å²) in [7, 11) is 1.22. The second-order valence-corrected chi connectivity index (χ2v) is 11.9. The summed E-state index contributed by atoms with van der Waals surface area (Å²) in [5.74, 6) is -1.13. The summed E-state index contributed by atoms with van der Waals surface area (Å²) in [6, 6.07) is 12.0. The molecule has 5 atom stereocenters. The van der Waals surface area contributed by atoms with Gasteiger partial charge in [0.15, 0.2) is 11.6 Å². The monoisotopic (exact) mass is 574 g/mol. The number of nitrogens with one attached hydrogen (secondary N) is 2. The highest BCUT2D eigenvalue weighted by Gasteiger charge is 2.58. The fourth-order valence-electron chi connectivity index (χ4n) is 6.06. The predicted octanol–water partition coefficient (Wildman–Crippen LogP) is 2.43. The second-order valence-electron chi connectivity index (χ2n) is 11.9. The van der Waals surface area contributed by atoms with Crippen molar-refractivity contribution in [3.8, 4) is 11.8 Å². The van der Waals surface area contributed by atoms with Crippen molar-refractivity contribution in [1.29, 1.82) is 5.26 Å². The van der Waals surface area contributed by atoms with Crippen LogP contribution < -0.4 is 15.4 Å². The fraction of sp³-hybridized carbons (Fsp3) is 0.467. The number of hydrogen-bond acceptors (Lipinski definition) is 8. The Labute approximate surface area is 244 Å². The molecular weight excluding hydrogens is 540 g/mol. The number of benzene rings is 1. The number of anilines is 1. The average molecular weight is 575 g/mol. The average Bonchev–Trinajstić information content (AvgIpc) is 3.58. The third kappa shape index (κ3) is 5.11. The van der Waals surface area contributed by atoms with E-state index in [0.717, 1.165) is 5.56 Å². The summed E-state index contributed by atoms with van der Waals surface area (Å²) in [4.78, 5) is 61.1. The Morgan fingerprint density at radius 3 is 2.60 bits per heavy atom. The number of hydrogen-bond donors (Lipinski definition) is 2. The molecule has 0 aliphatic carbocycles. The molecule has 2 fully saturated rings. The van der Waals surface area contributed by atoms with Crippen molar-refractivity contribution in [2.75, 3.05) is 25.5 Å². The topological polar surface area (TPSA) is 154 Å². The lowest BCUT2D eigenvalue weighted by atomic mass is 9.85. The van der Waals surface area contributed by atoms with Crippen molar-refractivity contribution in [3.63, 3.8) is 0 Å². The molecule has 0 radical (unpaired) electrons. The maximum atomic E-state index is 14.5. The van der Waals surface area contributed by atoms with Crippen LogP contribution in [0.5, 0.6) is 5.75 Å². The highest BCUT2D eigenvalue weighted by Crippen LogP contribution is 2.42. The van der Waals surface area contributed by atoms with E-state index in [2.05, 4.69) is 21.7 Å². The van der Waals surface area contributed by atoms with Gasteiger partial charge < -0.3 is 29.9 Å². The van der Waals surface area contributed by atoms with Gasteiger partial charge >= 0.3 is 6.09 Å². The van der Waals surface area contributed by atoms with E-state index >= 15 is 0 Å². The number of ether oxygens (including phenoxy) is 2. The van der Waals surface area contributed by atoms with Crippen LogP contribution in [0.25, 0.3) is 0 Å². The van der Waals surface area contributed by atoms with Crippen molar-refractivity contribution in [3.05, 3.63) is 54.2 Å².